The molecule has 0 spiro atoms. The fourth-order valence-electron chi connectivity index (χ4n) is 3.52. The fourth-order valence-corrected chi connectivity index (χ4v) is 3.74. The van der Waals surface area contributed by atoms with Crippen molar-refractivity contribution in [1.82, 2.24) is 10.6 Å². The summed E-state index contributed by atoms with van der Waals surface area (Å²) in [6, 6.07) is 15.8. The molecule has 2 amide bonds. The Morgan fingerprint density at radius 2 is 1.73 bits per heavy atom. The van der Waals surface area contributed by atoms with Crippen molar-refractivity contribution in [1.29, 1.82) is 0 Å². The maximum Gasteiger partial charge on any atom is 0.328 e. The first kappa shape index (κ1) is 21.8. The molecular formula is C23H25ClN2O4. The number of hydrogen-bond acceptors (Lipinski definition) is 4. The summed E-state index contributed by atoms with van der Waals surface area (Å²) < 4.78 is 5.06. The summed E-state index contributed by atoms with van der Waals surface area (Å²) in [7, 11) is 0. The lowest BCUT2D eigenvalue weighted by molar-refractivity contribution is -0.150. The van der Waals surface area contributed by atoms with Crippen molar-refractivity contribution < 1.29 is 19.1 Å². The van der Waals surface area contributed by atoms with Crippen LogP contribution in [0.4, 0.5) is 0 Å². The van der Waals surface area contributed by atoms with Crippen LogP contribution in [0.1, 0.15) is 42.1 Å². The summed E-state index contributed by atoms with van der Waals surface area (Å²) in [5.74, 6) is -1.54. The van der Waals surface area contributed by atoms with E-state index in [0.29, 0.717) is 11.6 Å². The summed E-state index contributed by atoms with van der Waals surface area (Å²) in [6.07, 6.45) is 3.16. The number of rotatable bonds is 8. The van der Waals surface area contributed by atoms with Crippen LogP contribution in [-0.2, 0) is 19.7 Å². The molecule has 0 saturated heterocycles. The smallest absolute Gasteiger partial charge is 0.328 e. The van der Waals surface area contributed by atoms with Crippen LogP contribution in [0.3, 0.4) is 0 Å². The van der Waals surface area contributed by atoms with Gasteiger partial charge in [0, 0.05) is 12.0 Å². The molecule has 1 aliphatic rings. The third kappa shape index (κ3) is 5.19. The maximum atomic E-state index is 12.2. The monoisotopic (exact) mass is 428 g/mol. The van der Waals surface area contributed by atoms with Crippen LogP contribution in [0.25, 0.3) is 0 Å². The van der Waals surface area contributed by atoms with Gasteiger partial charge in [0.15, 0.2) is 6.61 Å². The molecule has 2 aromatic rings. The molecule has 0 aliphatic heterocycles. The second-order valence-electron chi connectivity index (χ2n) is 7.56. The molecule has 2 N–H and O–H groups in total. The minimum atomic E-state index is -0.913. The second-order valence-corrected chi connectivity index (χ2v) is 7.97. The lowest BCUT2D eigenvalue weighted by Crippen LogP contribution is -2.47. The largest absolute Gasteiger partial charge is 0.454 e. The number of halogens is 1. The topological polar surface area (TPSA) is 84.5 Å². The third-order valence-corrected chi connectivity index (χ3v) is 5.82. The number of benzene rings is 2. The summed E-state index contributed by atoms with van der Waals surface area (Å²) in [5, 5.41) is 5.69. The fraction of sp³-hybridized carbons (Fsp3) is 0.348. The quantitative estimate of drug-likeness (QED) is 0.632. The first-order chi connectivity index (χ1) is 14.4. The number of carbonyl (C=O) groups is 3. The Hall–Kier alpha value is -2.86. The lowest BCUT2D eigenvalue weighted by Gasteiger charge is -2.42. The first-order valence-corrected chi connectivity index (χ1v) is 10.3. The molecule has 30 heavy (non-hydrogen) atoms. The molecule has 7 heteroatoms. The van der Waals surface area contributed by atoms with E-state index in [2.05, 4.69) is 22.8 Å². The maximum absolute atomic E-state index is 12.2. The van der Waals surface area contributed by atoms with Gasteiger partial charge in [0.1, 0.15) is 6.04 Å². The lowest BCUT2D eigenvalue weighted by atomic mass is 9.64. The predicted octanol–water partition coefficient (Wildman–Crippen LogP) is 3.24. The van der Waals surface area contributed by atoms with E-state index in [0.717, 1.165) is 19.3 Å². The summed E-state index contributed by atoms with van der Waals surface area (Å²) >= 11 is 5.99. The van der Waals surface area contributed by atoms with Crippen molar-refractivity contribution in [2.75, 3.05) is 13.2 Å². The molecule has 1 fully saturated rings. The van der Waals surface area contributed by atoms with Crippen molar-refractivity contribution in [3.05, 3.63) is 70.7 Å². The third-order valence-electron chi connectivity index (χ3n) is 5.49. The number of nitrogens with one attached hydrogen (secondary N) is 2. The molecule has 1 atom stereocenters. The van der Waals surface area contributed by atoms with E-state index in [-0.39, 0.29) is 16.9 Å². The van der Waals surface area contributed by atoms with Crippen LogP contribution in [0.15, 0.2) is 54.6 Å². The number of hydrogen-bond donors (Lipinski definition) is 2. The van der Waals surface area contributed by atoms with Crippen LogP contribution in [0, 0.1) is 0 Å². The molecule has 0 radical (unpaired) electrons. The average Bonchev–Trinajstić information content (AvgIpc) is 2.72. The van der Waals surface area contributed by atoms with Gasteiger partial charge in [-0.1, -0.05) is 60.5 Å². The Morgan fingerprint density at radius 1 is 1.07 bits per heavy atom. The Bertz CT molecular complexity index is 912. The van der Waals surface area contributed by atoms with Gasteiger partial charge in [0.2, 0.25) is 0 Å². The highest BCUT2D eigenvalue weighted by atomic mass is 35.5. The number of ether oxygens (including phenoxy) is 1. The Morgan fingerprint density at radius 3 is 2.37 bits per heavy atom. The van der Waals surface area contributed by atoms with Crippen LogP contribution in [0.2, 0.25) is 5.02 Å². The zero-order valence-corrected chi connectivity index (χ0v) is 17.6. The summed E-state index contributed by atoms with van der Waals surface area (Å²) in [4.78, 5) is 36.5. The second kappa shape index (κ2) is 9.76. The van der Waals surface area contributed by atoms with Crippen molar-refractivity contribution in [2.45, 2.75) is 37.6 Å². The standard InChI is InChI=1S/C23H25ClN2O4/c1-16(26-21(28)18-10-5-6-11-19(18)24)22(29)30-14-20(27)25-15-23(12-7-13-23)17-8-3-2-4-9-17/h2-6,8-11,16H,7,12-15H2,1H3,(H,25,27)(H,26,28)/t16-/m0/s1. The Balaban J connectivity index is 1.44. The van der Waals surface area contributed by atoms with Crippen LogP contribution >= 0.6 is 11.6 Å². The zero-order chi connectivity index (χ0) is 21.6. The van der Waals surface area contributed by atoms with Crippen LogP contribution in [-0.4, -0.2) is 37.0 Å². The molecule has 0 aromatic heterocycles. The van der Waals surface area contributed by atoms with Gasteiger partial charge in [0.05, 0.1) is 10.6 Å². The van der Waals surface area contributed by atoms with Gasteiger partial charge < -0.3 is 15.4 Å². The highest BCUT2D eigenvalue weighted by Gasteiger charge is 2.38. The summed E-state index contributed by atoms with van der Waals surface area (Å²) in [5.41, 5.74) is 1.43. The minimum absolute atomic E-state index is 0.0445. The molecule has 1 aliphatic carbocycles. The van der Waals surface area contributed by atoms with Crippen molar-refractivity contribution in [3.63, 3.8) is 0 Å². The minimum Gasteiger partial charge on any atom is -0.454 e. The van der Waals surface area contributed by atoms with Gasteiger partial charge in [-0.2, -0.15) is 0 Å². The van der Waals surface area contributed by atoms with Crippen LogP contribution < -0.4 is 10.6 Å². The SMILES string of the molecule is C[C@H](NC(=O)c1ccccc1Cl)C(=O)OCC(=O)NCC1(c2ccccc2)CCC1. The first-order valence-electron chi connectivity index (χ1n) is 9.95. The zero-order valence-electron chi connectivity index (χ0n) is 16.8. The number of amides is 2. The highest BCUT2D eigenvalue weighted by Crippen LogP contribution is 2.43. The van der Waals surface area contributed by atoms with Gasteiger partial charge in [-0.15, -0.1) is 0 Å². The molecule has 3 rings (SSSR count). The van der Waals surface area contributed by atoms with Crippen molar-refractivity contribution >= 4 is 29.4 Å². The average molecular weight is 429 g/mol. The van der Waals surface area contributed by atoms with E-state index < -0.39 is 24.5 Å². The number of esters is 1. The van der Waals surface area contributed by atoms with Crippen molar-refractivity contribution in [2.24, 2.45) is 0 Å². The van der Waals surface area contributed by atoms with E-state index in [1.807, 2.05) is 18.2 Å². The van der Waals surface area contributed by atoms with E-state index in [4.69, 9.17) is 16.3 Å². The summed E-state index contributed by atoms with van der Waals surface area (Å²) in [6.45, 7) is 1.61. The molecular weight excluding hydrogens is 404 g/mol. The van der Waals surface area contributed by atoms with Gasteiger partial charge in [-0.3, -0.25) is 9.59 Å². The highest BCUT2D eigenvalue weighted by molar-refractivity contribution is 6.33. The van der Waals surface area contributed by atoms with Gasteiger partial charge in [0.25, 0.3) is 11.8 Å². The van der Waals surface area contributed by atoms with Gasteiger partial charge >= 0.3 is 5.97 Å². The molecule has 0 heterocycles. The Labute approximate surface area is 180 Å². The molecule has 158 valence electrons. The van der Waals surface area contributed by atoms with E-state index in [1.165, 1.54) is 12.5 Å². The van der Waals surface area contributed by atoms with Crippen molar-refractivity contribution in [3.8, 4) is 0 Å². The molecule has 2 aromatic carbocycles. The van der Waals surface area contributed by atoms with Crippen LogP contribution in [0.5, 0.6) is 0 Å². The van der Waals surface area contributed by atoms with E-state index in [9.17, 15) is 14.4 Å². The van der Waals surface area contributed by atoms with Gasteiger partial charge in [-0.05, 0) is 37.5 Å². The molecule has 0 unspecified atom stereocenters. The molecule has 6 nitrogen and oxygen atoms in total. The number of carbonyl (C=O) groups excluding carboxylic acids is 3. The molecule has 1 saturated carbocycles. The van der Waals surface area contributed by atoms with E-state index in [1.54, 1.807) is 24.3 Å². The Kier molecular flexibility index (Phi) is 7.11. The molecule has 0 bridgehead atoms. The van der Waals surface area contributed by atoms with Gasteiger partial charge in [-0.25, -0.2) is 4.79 Å². The van der Waals surface area contributed by atoms with E-state index >= 15 is 0 Å². The normalized spacial score (nSPS) is 15.4. The predicted molar refractivity (Wildman–Crippen MR) is 114 cm³/mol.